The molecule has 0 aliphatic carbocycles. The van der Waals surface area contributed by atoms with Crippen molar-refractivity contribution in [1.82, 2.24) is 5.32 Å². The maximum absolute atomic E-state index is 12.9. The third kappa shape index (κ3) is 52.3. The standard InChI is InChI=1S/C60H101N2O6P/c1-6-8-10-12-14-16-18-20-22-24-25-26-27-28-29-30-31-32-33-34-35-36-37-38-40-42-44-46-48-50-52-54-60(64)61-58(57-68-69(65,66)67-56-55-62(3,4)5)59(63)53-51-49-47-45-43-41-39-23-21-19-17-15-13-11-9-7-2/h8,10,14,16,20,22,25-26,28-29,31-32,34-35,37-38,42-45,51,53,58-59,63H,6-7,9,11-13,15,17-19,21,23-24,27,30,33,36,39-41,46-50,52,54-57H2,1-5H3,(H-,61,64,65,66)/b10-8-,16-14-,22-20-,26-25-,29-28-,32-31-,35-34-,38-37-,44-42-,45-43+,53-51+. The zero-order chi connectivity index (χ0) is 50.6. The number of phosphoric ester groups is 1. The third-order valence-electron chi connectivity index (χ3n) is 11.1. The minimum Gasteiger partial charge on any atom is -0.756 e. The first kappa shape index (κ1) is 65.6. The number of amides is 1. The second kappa shape index (κ2) is 49.6. The number of nitrogens with one attached hydrogen (secondary N) is 1. The molecule has 0 saturated heterocycles. The summed E-state index contributed by atoms with van der Waals surface area (Å²) in [6, 6.07) is -0.932. The van der Waals surface area contributed by atoms with Gasteiger partial charge in [-0.3, -0.25) is 9.36 Å². The van der Waals surface area contributed by atoms with Crippen LogP contribution in [0.1, 0.15) is 187 Å². The molecule has 3 atom stereocenters. The Morgan fingerprint density at radius 1 is 0.522 bits per heavy atom. The largest absolute Gasteiger partial charge is 0.756 e. The van der Waals surface area contributed by atoms with Crippen molar-refractivity contribution >= 4 is 13.7 Å². The maximum atomic E-state index is 12.9. The Labute approximate surface area is 424 Å². The number of carbonyl (C=O) groups excluding carboxylic acids is 1. The number of likely N-dealkylation sites (N-methyl/N-ethyl adjacent to an activating group) is 1. The van der Waals surface area contributed by atoms with E-state index in [1.807, 2.05) is 27.2 Å². The van der Waals surface area contributed by atoms with Gasteiger partial charge < -0.3 is 28.8 Å². The molecule has 8 nitrogen and oxygen atoms in total. The summed E-state index contributed by atoms with van der Waals surface area (Å²) in [6.07, 6.45) is 75.2. The number of quaternary nitrogens is 1. The number of hydrogen-bond donors (Lipinski definition) is 2. The van der Waals surface area contributed by atoms with Crippen molar-refractivity contribution in [2.75, 3.05) is 40.9 Å². The molecule has 0 bridgehead atoms. The fourth-order valence-corrected chi connectivity index (χ4v) is 7.59. The van der Waals surface area contributed by atoms with Crippen LogP contribution >= 0.6 is 7.82 Å². The van der Waals surface area contributed by atoms with Crippen molar-refractivity contribution in [2.24, 2.45) is 0 Å². The zero-order valence-electron chi connectivity index (χ0n) is 44.5. The predicted molar refractivity (Wildman–Crippen MR) is 297 cm³/mol. The number of carbonyl (C=O) groups is 1. The molecule has 0 aliphatic heterocycles. The van der Waals surface area contributed by atoms with E-state index in [-0.39, 0.29) is 18.9 Å². The number of rotatable bonds is 47. The van der Waals surface area contributed by atoms with Crippen molar-refractivity contribution in [2.45, 2.75) is 199 Å². The molecule has 3 unspecified atom stereocenters. The van der Waals surface area contributed by atoms with Crippen LogP contribution in [0, 0.1) is 0 Å². The summed E-state index contributed by atoms with van der Waals surface area (Å²) in [4.78, 5) is 25.4. The molecule has 0 saturated carbocycles. The number of aliphatic hydroxyl groups is 1. The number of phosphoric acid groups is 1. The van der Waals surface area contributed by atoms with Gasteiger partial charge >= 0.3 is 0 Å². The number of hydrogen-bond acceptors (Lipinski definition) is 6. The summed E-state index contributed by atoms with van der Waals surface area (Å²) >= 11 is 0. The van der Waals surface area contributed by atoms with Gasteiger partial charge in [0.05, 0.1) is 39.9 Å². The molecule has 0 aliphatic rings. The second-order valence-corrected chi connectivity index (χ2v) is 20.2. The van der Waals surface area contributed by atoms with Crippen molar-refractivity contribution in [3.63, 3.8) is 0 Å². The Morgan fingerprint density at radius 2 is 0.899 bits per heavy atom. The summed E-state index contributed by atoms with van der Waals surface area (Å²) < 4.78 is 23.2. The minimum atomic E-state index is -4.62. The summed E-state index contributed by atoms with van der Waals surface area (Å²) in [7, 11) is 1.20. The van der Waals surface area contributed by atoms with Crippen LogP contribution in [0.2, 0.25) is 0 Å². The molecule has 0 radical (unpaired) electrons. The van der Waals surface area contributed by atoms with Gasteiger partial charge in [-0.2, -0.15) is 0 Å². The van der Waals surface area contributed by atoms with Crippen molar-refractivity contribution in [3.8, 4) is 0 Å². The molecular weight excluding hydrogens is 876 g/mol. The fraction of sp³-hybridized carbons (Fsp3) is 0.617. The van der Waals surface area contributed by atoms with Crippen molar-refractivity contribution in [1.29, 1.82) is 0 Å². The predicted octanol–water partition coefficient (Wildman–Crippen LogP) is 15.7. The van der Waals surface area contributed by atoms with E-state index < -0.39 is 26.6 Å². The van der Waals surface area contributed by atoms with E-state index in [9.17, 15) is 19.4 Å². The van der Waals surface area contributed by atoms with Crippen LogP contribution in [0.4, 0.5) is 0 Å². The van der Waals surface area contributed by atoms with Crippen LogP contribution in [-0.2, 0) is 18.4 Å². The lowest BCUT2D eigenvalue weighted by Gasteiger charge is -2.29. The average molecular weight is 977 g/mol. The van der Waals surface area contributed by atoms with Gasteiger partial charge in [0, 0.05) is 6.42 Å². The lowest BCUT2D eigenvalue weighted by atomic mass is 10.1. The third-order valence-corrected chi connectivity index (χ3v) is 12.1. The van der Waals surface area contributed by atoms with Crippen LogP contribution in [0.25, 0.3) is 0 Å². The molecule has 0 rings (SSSR count). The van der Waals surface area contributed by atoms with E-state index in [1.165, 1.54) is 64.2 Å². The van der Waals surface area contributed by atoms with Gasteiger partial charge in [0.2, 0.25) is 5.91 Å². The van der Waals surface area contributed by atoms with Gasteiger partial charge in [0.25, 0.3) is 7.82 Å². The highest BCUT2D eigenvalue weighted by Gasteiger charge is 2.23. The molecule has 2 N–H and O–H groups in total. The van der Waals surface area contributed by atoms with E-state index in [0.717, 1.165) is 96.3 Å². The van der Waals surface area contributed by atoms with Gasteiger partial charge in [0.15, 0.2) is 0 Å². The van der Waals surface area contributed by atoms with Crippen LogP contribution in [-0.4, -0.2) is 68.5 Å². The normalized spacial score (nSPS) is 15.1. The highest BCUT2D eigenvalue weighted by Crippen LogP contribution is 2.38. The van der Waals surface area contributed by atoms with Crippen molar-refractivity contribution < 1.29 is 32.9 Å². The van der Waals surface area contributed by atoms with Crippen LogP contribution < -0.4 is 10.2 Å². The quantitative estimate of drug-likeness (QED) is 0.0272. The lowest BCUT2D eigenvalue weighted by Crippen LogP contribution is -2.45. The first-order chi connectivity index (χ1) is 33.5. The SMILES string of the molecule is CC/C=C\C/C=C\C/C=C\C/C=C\C/C=C\C/C=C\C/C=C\C/C=C\C/C=C\CCCCCC(=O)NC(COP(=O)([O-])OCC[N+](C)(C)C)C(O)/C=C/CC/C=C/CCCCCCCCCCCC. The highest BCUT2D eigenvalue weighted by molar-refractivity contribution is 7.45. The van der Waals surface area contributed by atoms with Crippen LogP contribution in [0.5, 0.6) is 0 Å². The average Bonchev–Trinajstić information content (AvgIpc) is 3.31. The van der Waals surface area contributed by atoms with Gasteiger partial charge in [-0.1, -0.05) is 212 Å². The molecule has 0 aromatic heterocycles. The molecule has 0 aromatic rings. The molecule has 0 heterocycles. The summed E-state index contributed by atoms with van der Waals surface area (Å²) in [6.45, 7) is 4.46. The number of nitrogens with zero attached hydrogens (tertiary/aromatic N) is 1. The van der Waals surface area contributed by atoms with E-state index in [1.54, 1.807) is 6.08 Å². The van der Waals surface area contributed by atoms with Gasteiger partial charge in [0.1, 0.15) is 13.2 Å². The molecule has 1 amide bonds. The van der Waals surface area contributed by atoms with Crippen molar-refractivity contribution in [3.05, 3.63) is 134 Å². The van der Waals surface area contributed by atoms with Gasteiger partial charge in [-0.25, -0.2) is 0 Å². The Bertz CT molecular complexity index is 1580. The van der Waals surface area contributed by atoms with E-state index >= 15 is 0 Å². The minimum absolute atomic E-state index is 0.0210. The molecule has 0 fully saturated rings. The molecule has 0 aromatic carbocycles. The fourth-order valence-electron chi connectivity index (χ4n) is 6.86. The van der Waals surface area contributed by atoms with Gasteiger partial charge in [-0.15, -0.1) is 0 Å². The summed E-state index contributed by atoms with van der Waals surface area (Å²) in [5, 5.41) is 13.8. The number of aliphatic hydroxyl groups excluding tert-OH is 1. The summed E-state index contributed by atoms with van der Waals surface area (Å²) in [5.41, 5.74) is 0. The van der Waals surface area contributed by atoms with E-state index in [2.05, 4.69) is 141 Å². The Kier molecular flexibility index (Phi) is 47.2. The van der Waals surface area contributed by atoms with Crippen LogP contribution in [0.3, 0.4) is 0 Å². The van der Waals surface area contributed by atoms with E-state index in [4.69, 9.17) is 9.05 Å². The number of allylic oxidation sites excluding steroid dienone is 21. The number of unbranched alkanes of at least 4 members (excludes halogenated alkanes) is 14. The lowest BCUT2D eigenvalue weighted by molar-refractivity contribution is -0.870. The molecule has 9 heteroatoms. The monoisotopic (exact) mass is 977 g/mol. The second-order valence-electron chi connectivity index (χ2n) is 18.8. The first-order valence-electron chi connectivity index (χ1n) is 27.0. The topological polar surface area (TPSA) is 108 Å². The first-order valence-corrected chi connectivity index (χ1v) is 28.5. The summed E-state index contributed by atoms with van der Waals surface area (Å²) in [5.74, 6) is -0.246. The molecule has 0 spiro atoms. The Balaban J connectivity index is 4.39. The highest BCUT2D eigenvalue weighted by atomic mass is 31.2. The molecule has 69 heavy (non-hydrogen) atoms. The van der Waals surface area contributed by atoms with E-state index in [0.29, 0.717) is 17.4 Å². The Morgan fingerprint density at radius 3 is 1.35 bits per heavy atom. The van der Waals surface area contributed by atoms with Gasteiger partial charge in [-0.05, 0) is 103 Å². The molecular formula is C60H101N2O6P. The Hall–Kier alpha value is -3.36. The zero-order valence-corrected chi connectivity index (χ0v) is 45.3. The maximum Gasteiger partial charge on any atom is 0.268 e. The molecule has 392 valence electrons. The van der Waals surface area contributed by atoms with Crippen LogP contribution in [0.15, 0.2) is 134 Å². The smallest absolute Gasteiger partial charge is 0.268 e.